The molecule has 0 rings (SSSR count). The largest absolute Gasteiger partial charge is 0.480 e. The predicted octanol–water partition coefficient (Wildman–Crippen LogP) is -0.0355. The Hall–Kier alpha value is -0.420. The standard InChI is InChI=1S/C6H14NO5P/c1-2-3-5(6(8)9)7-4-13(10,11)12/h5,7H,2-4H2,1H3,(H,8,9)(H2,10,11,12)/t5-/m0/s1. The van der Waals surface area contributed by atoms with Crippen LogP contribution in [-0.2, 0) is 9.36 Å². The highest BCUT2D eigenvalue weighted by molar-refractivity contribution is 7.51. The van der Waals surface area contributed by atoms with Gasteiger partial charge in [0.15, 0.2) is 0 Å². The average Bonchev–Trinajstić information content (AvgIpc) is 1.95. The van der Waals surface area contributed by atoms with Gasteiger partial charge in [0.2, 0.25) is 0 Å². The third-order valence-electron chi connectivity index (χ3n) is 1.42. The van der Waals surface area contributed by atoms with Crippen LogP contribution in [0.15, 0.2) is 0 Å². The highest BCUT2D eigenvalue weighted by atomic mass is 31.2. The van der Waals surface area contributed by atoms with Crippen LogP contribution in [0, 0.1) is 0 Å². The molecule has 0 spiro atoms. The third-order valence-corrected chi connectivity index (χ3v) is 2.01. The first-order valence-electron chi connectivity index (χ1n) is 3.87. The Morgan fingerprint density at radius 3 is 2.38 bits per heavy atom. The Labute approximate surface area is 76.1 Å². The fourth-order valence-electron chi connectivity index (χ4n) is 0.831. The monoisotopic (exact) mass is 211 g/mol. The maximum atomic E-state index is 10.5. The molecule has 0 fully saturated rings. The molecule has 0 aromatic heterocycles. The molecular weight excluding hydrogens is 197 g/mol. The van der Waals surface area contributed by atoms with Crippen LogP contribution >= 0.6 is 7.60 Å². The molecule has 0 amide bonds. The molecule has 0 aliphatic heterocycles. The van der Waals surface area contributed by atoms with E-state index in [1.807, 2.05) is 0 Å². The minimum Gasteiger partial charge on any atom is -0.480 e. The van der Waals surface area contributed by atoms with Gasteiger partial charge in [0, 0.05) is 0 Å². The Morgan fingerprint density at radius 2 is 2.08 bits per heavy atom. The fourth-order valence-corrected chi connectivity index (χ4v) is 1.29. The minimum atomic E-state index is -4.16. The van der Waals surface area contributed by atoms with Crippen molar-refractivity contribution in [2.24, 2.45) is 0 Å². The van der Waals surface area contributed by atoms with Gasteiger partial charge in [-0.05, 0) is 6.42 Å². The van der Waals surface area contributed by atoms with Crippen molar-refractivity contribution in [3.8, 4) is 0 Å². The molecule has 7 heteroatoms. The van der Waals surface area contributed by atoms with Crippen LogP contribution in [0.3, 0.4) is 0 Å². The number of aliphatic carboxylic acids is 1. The van der Waals surface area contributed by atoms with E-state index in [1.54, 1.807) is 6.92 Å². The minimum absolute atomic E-state index is 0.356. The van der Waals surface area contributed by atoms with Crippen LogP contribution in [0.2, 0.25) is 0 Å². The second-order valence-corrected chi connectivity index (χ2v) is 4.35. The Bertz CT molecular complexity index is 213. The highest BCUT2D eigenvalue weighted by Crippen LogP contribution is 2.32. The van der Waals surface area contributed by atoms with Crippen molar-refractivity contribution in [1.82, 2.24) is 5.32 Å². The van der Waals surface area contributed by atoms with E-state index in [0.717, 1.165) is 0 Å². The summed E-state index contributed by atoms with van der Waals surface area (Å²) in [7, 11) is -4.16. The quantitative estimate of drug-likeness (QED) is 0.459. The molecular formula is C6H14NO5P. The molecule has 0 heterocycles. The first-order chi connectivity index (χ1) is 5.87. The summed E-state index contributed by atoms with van der Waals surface area (Å²) in [5, 5.41) is 10.9. The summed E-state index contributed by atoms with van der Waals surface area (Å²) in [6.45, 7) is 1.80. The molecule has 0 unspecified atom stereocenters. The summed E-state index contributed by atoms with van der Waals surface area (Å²) in [6, 6.07) is -0.877. The zero-order valence-corrected chi connectivity index (χ0v) is 8.20. The summed E-state index contributed by atoms with van der Waals surface area (Å²) in [4.78, 5) is 27.4. The lowest BCUT2D eigenvalue weighted by Gasteiger charge is -2.13. The summed E-state index contributed by atoms with van der Waals surface area (Å²) in [6.07, 6.45) is 0.407. The molecule has 6 nitrogen and oxygen atoms in total. The van der Waals surface area contributed by atoms with Crippen LogP contribution in [0.4, 0.5) is 0 Å². The van der Waals surface area contributed by atoms with E-state index in [0.29, 0.717) is 12.8 Å². The first kappa shape index (κ1) is 12.6. The van der Waals surface area contributed by atoms with Gasteiger partial charge in [0.25, 0.3) is 0 Å². The van der Waals surface area contributed by atoms with Crippen molar-refractivity contribution >= 4 is 13.6 Å². The molecule has 0 aliphatic carbocycles. The predicted molar refractivity (Wildman–Crippen MR) is 46.4 cm³/mol. The normalized spacial score (nSPS) is 14.1. The number of carbonyl (C=O) groups is 1. The molecule has 0 aromatic rings. The van der Waals surface area contributed by atoms with Crippen LogP contribution < -0.4 is 5.32 Å². The van der Waals surface area contributed by atoms with Crippen molar-refractivity contribution in [2.45, 2.75) is 25.8 Å². The maximum Gasteiger partial charge on any atom is 0.339 e. The molecule has 0 radical (unpaired) electrons. The van der Waals surface area contributed by atoms with Crippen molar-refractivity contribution in [2.75, 3.05) is 6.29 Å². The average molecular weight is 211 g/mol. The maximum absolute atomic E-state index is 10.5. The highest BCUT2D eigenvalue weighted by Gasteiger charge is 2.20. The van der Waals surface area contributed by atoms with Gasteiger partial charge in [-0.2, -0.15) is 0 Å². The van der Waals surface area contributed by atoms with Gasteiger partial charge >= 0.3 is 13.6 Å². The SMILES string of the molecule is CCC[C@H](NCP(=O)(O)O)C(=O)O. The third kappa shape index (κ3) is 6.72. The number of nitrogens with one attached hydrogen (secondary N) is 1. The van der Waals surface area contributed by atoms with E-state index in [1.165, 1.54) is 0 Å². The molecule has 13 heavy (non-hydrogen) atoms. The second kappa shape index (κ2) is 5.34. The second-order valence-electron chi connectivity index (χ2n) is 2.71. The number of hydrogen-bond donors (Lipinski definition) is 4. The zero-order chi connectivity index (χ0) is 10.5. The van der Waals surface area contributed by atoms with Crippen LogP contribution in [0.5, 0.6) is 0 Å². The lowest BCUT2D eigenvalue weighted by atomic mass is 10.2. The van der Waals surface area contributed by atoms with E-state index in [9.17, 15) is 9.36 Å². The summed E-state index contributed by atoms with van der Waals surface area (Å²) < 4.78 is 10.4. The molecule has 1 atom stereocenters. The molecule has 0 aliphatic rings. The van der Waals surface area contributed by atoms with E-state index in [2.05, 4.69) is 5.32 Å². The first-order valence-corrected chi connectivity index (χ1v) is 5.67. The van der Waals surface area contributed by atoms with Gasteiger partial charge in [-0.1, -0.05) is 13.3 Å². The van der Waals surface area contributed by atoms with Crippen molar-refractivity contribution < 1.29 is 24.3 Å². The summed E-state index contributed by atoms with van der Waals surface area (Å²) in [5.41, 5.74) is 0. The molecule has 0 saturated carbocycles. The molecule has 0 bridgehead atoms. The number of carboxylic acid groups (broad SMARTS) is 1. The number of rotatable bonds is 6. The van der Waals surface area contributed by atoms with E-state index in [-0.39, 0.29) is 0 Å². The lowest BCUT2D eigenvalue weighted by Crippen LogP contribution is -2.36. The Kier molecular flexibility index (Phi) is 5.17. The molecule has 78 valence electrons. The van der Waals surface area contributed by atoms with Gasteiger partial charge < -0.3 is 14.9 Å². The summed E-state index contributed by atoms with van der Waals surface area (Å²) in [5.74, 6) is -1.09. The van der Waals surface area contributed by atoms with E-state index in [4.69, 9.17) is 14.9 Å². The van der Waals surface area contributed by atoms with Crippen molar-refractivity contribution in [3.05, 3.63) is 0 Å². The molecule has 4 N–H and O–H groups in total. The van der Waals surface area contributed by atoms with E-state index < -0.39 is 25.9 Å². The van der Waals surface area contributed by atoms with Gasteiger partial charge in [-0.25, -0.2) is 0 Å². The van der Waals surface area contributed by atoms with Gasteiger partial charge in [-0.15, -0.1) is 0 Å². The smallest absolute Gasteiger partial charge is 0.339 e. The lowest BCUT2D eigenvalue weighted by molar-refractivity contribution is -0.139. The van der Waals surface area contributed by atoms with Crippen LogP contribution in [0.1, 0.15) is 19.8 Å². The van der Waals surface area contributed by atoms with Gasteiger partial charge in [-0.3, -0.25) is 14.7 Å². The molecule has 0 saturated heterocycles. The van der Waals surface area contributed by atoms with Crippen LogP contribution in [0.25, 0.3) is 0 Å². The molecule has 0 aromatic carbocycles. The fraction of sp³-hybridized carbons (Fsp3) is 0.833. The number of carboxylic acids is 1. The van der Waals surface area contributed by atoms with Gasteiger partial charge in [0.1, 0.15) is 6.04 Å². The van der Waals surface area contributed by atoms with Crippen LogP contribution in [-0.4, -0.2) is 33.2 Å². The Balaban J connectivity index is 3.97. The number of hydrogen-bond acceptors (Lipinski definition) is 3. The topological polar surface area (TPSA) is 107 Å². The Morgan fingerprint density at radius 1 is 1.54 bits per heavy atom. The van der Waals surface area contributed by atoms with Gasteiger partial charge in [0.05, 0.1) is 6.29 Å². The zero-order valence-electron chi connectivity index (χ0n) is 7.30. The van der Waals surface area contributed by atoms with Crippen molar-refractivity contribution in [1.29, 1.82) is 0 Å². The van der Waals surface area contributed by atoms with E-state index >= 15 is 0 Å². The van der Waals surface area contributed by atoms with Crippen molar-refractivity contribution in [3.63, 3.8) is 0 Å². The summed E-state index contributed by atoms with van der Waals surface area (Å²) >= 11 is 0.